The molecule has 1 fully saturated rings. The highest BCUT2D eigenvalue weighted by atomic mass is 16.2. The number of hydrogen-bond donors (Lipinski definition) is 1. The Hall–Kier alpha value is -3.15. The van der Waals surface area contributed by atoms with E-state index >= 15 is 0 Å². The standard InChI is InChI=1S/C28H34N4O/c1-30(26-10-6-3-7-11-26)28(33)32(22-25-14-12-23(20-29)13-15-25)27-16-18-31(19-17-27)21-24-8-4-2-5-9-24/h2-15,27H,16-22,29H2,1H3. The van der Waals surface area contributed by atoms with Gasteiger partial charge in [-0.15, -0.1) is 0 Å². The number of benzene rings is 3. The first-order valence-electron chi connectivity index (χ1n) is 11.8. The van der Waals surface area contributed by atoms with E-state index in [0.717, 1.165) is 49.3 Å². The van der Waals surface area contributed by atoms with Gasteiger partial charge < -0.3 is 10.6 Å². The minimum atomic E-state index is 0.0469. The third-order valence-corrected chi connectivity index (χ3v) is 6.53. The fourth-order valence-corrected chi connectivity index (χ4v) is 4.52. The first kappa shape index (κ1) is 23.0. The van der Waals surface area contributed by atoms with Gasteiger partial charge in [0.05, 0.1) is 0 Å². The molecule has 0 atom stereocenters. The molecule has 1 aliphatic rings. The molecule has 0 bridgehead atoms. The van der Waals surface area contributed by atoms with Gasteiger partial charge in [-0.05, 0) is 41.7 Å². The normalized spacial score (nSPS) is 14.7. The number of carbonyl (C=O) groups is 1. The van der Waals surface area contributed by atoms with Gasteiger partial charge in [0.25, 0.3) is 0 Å². The number of piperidine rings is 1. The highest BCUT2D eigenvalue weighted by Crippen LogP contribution is 2.24. The van der Waals surface area contributed by atoms with Gasteiger partial charge in [-0.1, -0.05) is 72.8 Å². The van der Waals surface area contributed by atoms with Gasteiger partial charge in [-0.2, -0.15) is 0 Å². The molecule has 0 unspecified atom stereocenters. The van der Waals surface area contributed by atoms with Crippen molar-refractivity contribution in [2.75, 3.05) is 25.0 Å². The molecule has 2 amide bonds. The van der Waals surface area contributed by atoms with Crippen LogP contribution in [0.4, 0.5) is 10.5 Å². The molecule has 3 aromatic rings. The molecule has 5 nitrogen and oxygen atoms in total. The molecule has 0 aliphatic carbocycles. The van der Waals surface area contributed by atoms with Gasteiger partial charge in [0.1, 0.15) is 0 Å². The van der Waals surface area contributed by atoms with E-state index in [1.54, 1.807) is 4.90 Å². The molecule has 5 heteroatoms. The average molecular weight is 443 g/mol. The summed E-state index contributed by atoms with van der Waals surface area (Å²) in [7, 11) is 1.87. The van der Waals surface area contributed by atoms with Crippen molar-refractivity contribution in [3.8, 4) is 0 Å². The van der Waals surface area contributed by atoms with Crippen molar-refractivity contribution in [2.24, 2.45) is 5.73 Å². The van der Waals surface area contributed by atoms with Gasteiger partial charge >= 0.3 is 6.03 Å². The highest BCUT2D eigenvalue weighted by Gasteiger charge is 2.30. The van der Waals surface area contributed by atoms with Crippen LogP contribution in [0, 0.1) is 0 Å². The van der Waals surface area contributed by atoms with Crippen LogP contribution in [-0.4, -0.2) is 42.0 Å². The minimum Gasteiger partial charge on any atom is -0.326 e. The maximum Gasteiger partial charge on any atom is 0.324 e. The van der Waals surface area contributed by atoms with Crippen LogP contribution in [0.15, 0.2) is 84.9 Å². The number of urea groups is 1. The number of likely N-dealkylation sites (tertiary alicyclic amines) is 1. The largest absolute Gasteiger partial charge is 0.326 e. The monoisotopic (exact) mass is 442 g/mol. The fourth-order valence-electron chi connectivity index (χ4n) is 4.52. The zero-order chi connectivity index (χ0) is 23.0. The lowest BCUT2D eigenvalue weighted by molar-refractivity contribution is 0.117. The molecule has 0 radical (unpaired) electrons. The van der Waals surface area contributed by atoms with E-state index in [-0.39, 0.29) is 12.1 Å². The van der Waals surface area contributed by atoms with Crippen LogP contribution in [0.2, 0.25) is 0 Å². The number of amides is 2. The Bertz CT molecular complexity index is 999. The maximum absolute atomic E-state index is 13.7. The molecule has 172 valence electrons. The van der Waals surface area contributed by atoms with Crippen LogP contribution in [-0.2, 0) is 19.6 Å². The van der Waals surface area contributed by atoms with Crippen molar-refractivity contribution in [1.82, 2.24) is 9.80 Å². The Morgan fingerprint density at radius 2 is 1.42 bits per heavy atom. The van der Waals surface area contributed by atoms with Crippen molar-refractivity contribution in [3.63, 3.8) is 0 Å². The number of hydrogen-bond acceptors (Lipinski definition) is 3. The number of carbonyl (C=O) groups excluding carboxylic acids is 1. The van der Waals surface area contributed by atoms with Crippen molar-refractivity contribution in [1.29, 1.82) is 0 Å². The predicted octanol–water partition coefficient (Wildman–Crippen LogP) is 4.87. The van der Waals surface area contributed by atoms with Gasteiger partial charge in [0.2, 0.25) is 0 Å². The summed E-state index contributed by atoms with van der Waals surface area (Å²) in [4.78, 5) is 20.0. The van der Waals surface area contributed by atoms with Gasteiger partial charge in [-0.3, -0.25) is 9.80 Å². The molecule has 1 saturated heterocycles. The quantitative estimate of drug-likeness (QED) is 0.568. The molecule has 1 heterocycles. The summed E-state index contributed by atoms with van der Waals surface area (Å²) < 4.78 is 0. The van der Waals surface area contributed by atoms with E-state index in [4.69, 9.17) is 5.73 Å². The Kier molecular flexibility index (Phi) is 7.76. The lowest BCUT2D eigenvalue weighted by Gasteiger charge is -2.40. The first-order chi connectivity index (χ1) is 16.1. The second kappa shape index (κ2) is 11.1. The smallest absolute Gasteiger partial charge is 0.324 e. The summed E-state index contributed by atoms with van der Waals surface area (Å²) in [5.41, 5.74) is 10.2. The Morgan fingerprint density at radius 1 is 0.848 bits per heavy atom. The number of nitrogens with zero attached hydrogens (tertiary/aromatic N) is 3. The van der Waals surface area contributed by atoms with Crippen LogP contribution >= 0.6 is 0 Å². The van der Waals surface area contributed by atoms with Crippen molar-refractivity contribution in [2.45, 2.75) is 38.5 Å². The predicted molar refractivity (Wildman–Crippen MR) is 135 cm³/mol. The number of para-hydroxylation sites is 1. The lowest BCUT2D eigenvalue weighted by Crippen LogP contribution is -2.50. The zero-order valence-electron chi connectivity index (χ0n) is 19.4. The summed E-state index contributed by atoms with van der Waals surface area (Å²) >= 11 is 0. The maximum atomic E-state index is 13.7. The zero-order valence-corrected chi connectivity index (χ0v) is 19.4. The third-order valence-electron chi connectivity index (χ3n) is 6.53. The summed E-state index contributed by atoms with van der Waals surface area (Å²) in [6.45, 7) is 4.07. The number of nitrogens with two attached hydrogens (primary N) is 1. The molecule has 2 N–H and O–H groups in total. The van der Waals surface area contributed by atoms with Crippen LogP contribution in [0.3, 0.4) is 0 Å². The molecule has 0 aromatic heterocycles. The van der Waals surface area contributed by atoms with E-state index in [1.807, 2.05) is 37.4 Å². The number of anilines is 1. The van der Waals surface area contributed by atoms with Crippen molar-refractivity contribution >= 4 is 11.7 Å². The average Bonchev–Trinajstić information content (AvgIpc) is 2.88. The summed E-state index contributed by atoms with van der Waals surface area (Å²) in [5, 5.41) is 0. The molecule has 0 spiro atoms. The van der Waals surface area contributed by atoms with Crippen molar-refractivity contribution in [3.05, 3.63) is 102 Å². The Morgan fingerprint density at radius 3 is 2.03 bits per heavy atom. The van der Waals surface area contributed by atoms with Crippen LogP contribution in [0.1, 0.15) is 29.5 Å². The van der Waals surface area contributed by atoms with E-state index in [9.17, 15) is 4.79 Å². The van der Waals surface area contributed by atoms with Crippen LogP contribution in [0.5, 0.6) is 0 Å². The molecule has 4 rings (SSSR count). The fraction of sp³-hybridized carbons (Fsp3) is 0.321. The molecule has 1 aliphatic heterocycles. The molecule has 33 heavy (non-hydrogen) atoms. The van der Waals surface area contributed by atoms with E-state index in [1.165, 1.54) is 5.56 Å². The van der Waals surface area contributed by atoms with E-state index < -0.39 is 0 Å². The molecular formula is C28H34N4O. The third kappa shape index (κ3) is 6.01. The van der Waals surface area contributed by atoms with Crippen LogP contribution < -0.4 is 10.6 Å². The molecule has 0 saturated carbocycles. The van der Waals surface area contributed by atoms with Gasteiger partial charge in [-0.25, -0.2) is 4.79 Å². The van der Waals surface area contributed by atoms with E-state index in [0.29, 0.717) is 13.1 Å². The second-order valence-corrected chi connectivity index (χ2v) is 8.82. The summed E-state index contributed by atoms with van der Waals surface area (Å²) in [5.74, 6) is 0. The first-order valence-corrected chi connectivity index (χ1v) is 11.8. The topological polar surface area (TPSA) is 52.8 Å². The van der Waals surface area contributed by atoms with E-state index in [2.05, 4.69) is 64.4 Å². The lowest BCUT2D eigenvalue weighted by atomic mass is 10.0. The highest BCUT2D eigenvalue weighted by molar-refractivity contribution is 5.91. The second-order valence-electron chi connectivity index (χ2n) is 8.82. The SMILES string of the molecule is CN(C(=O)N(Cc1ccc(CN)cc1)C1CCN(Cc2ccccc2)CC1)c1ccccc1. The van der Waals surface area contributed by atoms with Crippen LogP contribution in [0.25, 0.3) is 0 Å². The van der Waals surface area contributed by atoms with Gasteiger partial charge in [0, 0.05) is 51.5 Å². The Labute approximate surface area is 197 Å². The summed E-state index contributed by atoms with van der Waals surface area (Å²) in [6, 6.07) is 29.0. The van der Waals surface area contributed by atoms with Gasteiger partial charge in [0.15, 0.2) is 0 Å². The number of rotatable bonds is 7. The summed E-state index contributed by atoms with van der Waals surface area (Å²) in [6.07, 6.45) is 1.95. The minimum absolute atomic E-state index is 0.0469. The molecule has 3 aromatic carbocycles. The van der Waals surface area contributed by atoms with Crippen molar-refractivity contribution < 1.29 is 4.79 Å². The molecular weight excluding hydrogens is 408 g/mol. The Balaban J connectivity index is 1.47.